The Hall–Kier alpha value is -1.36. The first-order valence-corrected chi connectivity index (χ1v) is 7.05. The molecule has 0 spiro atoms. The van der Waals surface area contributed by atoms with Gasteiger partial charge in [-0.1, -0.05) is 22.0 Å². The minimum absolute atomic E-state index is 0.102. The van der Waals surface area contributed by atoms with Crippen molar-refractivity contribution in [3.8, 4) is 0 Å². The van der Waals surface area contributed by atoms with Gasteiger partial charge in [0.15, 0.2) is 0 Å². The fraction of sp³-hybridized carbons (Fsp3) is 0.429. The molecular weight excluding hydrogens is 310 g/mol. The average molecular weight is 326 g/mol. The number of aliphatic carboxylic acids is 1. The van der Waals surface area contributed by atoms with Gasteiger partial charge in [0.1, 0.15) is 6.04 Å². The second-order valence-corrected chi connectivity index (χ2v) is 5.75. The molecule has 1 aromatic rings. The summed E-state index contributed by atoms with van der Waals surface area (Å²) in [5.74, 6) is -1.01. The molecule has 0 saturated carbocycles. The third-order valence-corrected chi connectivity index (χ3v) is 4.00. The molecule has 2 rings (SSSR count). The van der Waals surface area contributed by atoms with E-state index in [0.29, 0.717) is 13.0 Å². The molecular formula is C14H16BrNO3. The highest BCUT2D eigenvalue weighted by molar-refractivity contribution is 9.10. The number of halogens is 1. The summed E-state index contributed by atoms with van der Waals surface area (Å²) in [7, 11) is 0. The number of carbonyl (C=O) groups excluding carboxylic acids is 1. The van der Waals surface area contributed by atoms with Gasteiger partial charge in [-0.3, -0.25) is 4.79 Å². The van der Waals surface area contributed by atoms with E-state index in [1.54, 1.807) is 0 Å². The van der Waals surface area contributed by atoms with Crippen LogP contribution in [0.15, 0.2) is 22.7 Å². The number of nitrogens with zero attached hydrogens (tertiary/aromatic N) is 1. The Morgan fingerprint density at radius 3 is 2.84 bits per heavy atom. The number of rotatable bonds is 3. The van der Waals surface area contributed by atoms with E-state index < -0.39 is 12.0 Å². The van der Waals surface area contributed by atoms with Crippen molar-refractivity contribution >= 4 is 27.8 Å². The molecule has 0 aromatic heterocycles. The molecule has 1 aliphatic heterocycles. The van der Waals surface area contributed by atoms with Gasteiger partial charge in [0.05, 0.1) is 6.42 Å². The monoisotopic (exact) mass is 325 g/mol. The summed E-state index contributed by atoms with van der Waals surface area (Å²) in [5.41, 5.74) is 1.98. The van der Waals surface area contributed by atoms with E-state index in [0.717, 1.165) is 22.0 Å². The van der Waals surface area contributed by atoms with Crippen molar-refractivity contribution in [2.75, 3.05) is 6.54 Å². The predicted molar refractivity (Wildman–Crippen MR) is 75.0 cm³/mol. The van der Waals surface area contributed by atoms with Gasteiger partial charge in [-0.15, -0.1) is 0 Å². The molecule has 5 heteroatoms. The maximum absolute atomic E-state index is 12.2. The third kappa shape index (κ3) is 3.15. The largest absolute Gasteiger partial charge is 0.480 e. The molecule has 1 amide bonds. The van der Waals surface area contributed by atoms with Crippen LogP contribution >= 0.6 is 15.9 Å². The van der Waals surface area contributed by atoms with Gasteiger partial charge in [0.2, 0.25) is 5.91 Å². The van der Waals surface area contributed by atoms with Crippen LogP contribution in [0.3, 0.4) is 0 Å². The second-order valence-electron chi connectivity index (χ2n) is 4.83. The Bertz CT molecular complexity index is 515. The fourth-order valence-corrected chi connectivity index (χ4v) is 2.92. The van der Waals surface area contributed by atoms with E-state index in [1.165, 1.54) is 4.90 Å². The molecule has 0 radical (unpaired) electrons. The van der Waals surface area contributed by atoms with Crippen molar-refractivity contribution in [2.24, 2.45) is 0 Å². The highest BCUT2D eigenvalue weighted by atomic mass is 79.9. The molecule has 102 valence electrons. The molecule has 1 aliphatic rings. The smallest absolute Gasteiger partial charge is 0.326 e. The lowest BCUT2D eigenvalue weighted by molar-refractivity contribution is -0.148. The fourth-order valence-electron chi connectivity index (χ4n) is 2.44. The van der Waals surface area contributed by atoms with Crippen LogP contribution in [0.25, 0.3) is 0 Å². The first-order chi connectivity index (χ1) is 8.99. The predicted octanol–water partition coefficient (Wildman–Crippen LogP) is 2.38. The van der Waals surface area contributed by atoms with Crippen molar-refractivity contribution in [3.63, 3.8) is 0 Å². The Labute approximate surface area is 120 Å². The van der Waals surface area contributed by atoms with Gasteiger partial charge in [0, 0.05) is 11.0 Å². The molecule has 1 unspecified atom stereocenters. The molecule has 19 heavy (non-hydrogen) atoms. The quantitative estimate of drug-likeness (QED) is 0.928. The van der Waals surface area contributed by atoms with E-state index in [9.17, 15) is 9.59 Å². The van der Waals surface area contributed by atoms with Crippen molar-refractivity contribution in [1.29, 1.82) is 0 Å². The van der Waals surface area contributed by atoms with Crippen LogP contribution in [-0.4, -0.2) is 34.5 Å². The number of benzene rings is 1. The van der Waals surface area contributed by atoms with E-state index in [1.807, 2.05) is 25.1 Å². The number of carboxylic acids is 1. The number of aryl methyl sites for hydroxylation is 1. The summed E-state index contributed by atoms with van der Waals surface area (Å²) in [5, 5.41) is 9.09. The third-order valence-electron chi connectivity index (χ3n) is 3.50. The zero-order valence-electron chi connectivity index (χ0n) is 10.7. The van der Waals surface area contributed by atoms with Crippen molar-refractivity contribution in [2.45, 2.75) is 32.2 Å². The van der Waals surface area contributed by atoms with E-state index in [-0.39, 0.29) is 12.3 Å². The lowest BCUT2D eigenvalue weighted by Crippen LogP contribution is -2.41. The van der Waals surface area contributed by atoms with Gasteiger partial charge in [-0.2, -0.15) is 0 Å². The number of carboxylic acid groups (broad SMARTS) is 1. The van der Waals surface area contributed by atoms with Crippen LogP contribution < -0.4 is 0 Å². The van der Waals surface area contributed by atoms with Crippen LogP contribution in [0.1, 0.15) is 24.0 Å². The molecule has 1 saturated heterocycles. The van der Waals surface area contributed by atoms with Gasteiger partial charge in [0.25, 0.3) is 0 Å². The van der Waals surface area contributed by atoms with Crippen molar-refractivity contribution in [3.05, 3.63) is 33.8 Å². The summed E-state index contributed by atoms with van der Waals surface area (Å²) < 4.78 is 0.978. The SMILES string of the molecule is Cc1cc(Br)ccc1CC(=O)N1CCCC1C(=O)O. The summed E-state index contributed by atoms with van der Waals surface area (Å²) >= 11 is 3.38. The number of likely N-dealkylation sites (tertiary alicyclic amines) is 1. The zero-order valence-corrected chi connectivity index (χ0v) is 12.3. The van der Waals surface area contributed by atoms with Gasteiger partial charge >= 0.3 is 5.97 Å². The Balaban J connectivity index is 2.10. The molecule has 0 bridgehead atoms. The van der Waals surface area contributed by atoms with Crippen LogP contribution in [0.5, 0.6) is 0 Å². The Kier molecular flexibility index (Phi) is 4.24. The summed E-state index contributed by atoms with van der Waals surface area (Å²) in [6, 6.07) is 5.11. The van der Waals surface area contributed by atoms with Crippen LogP contribution in [0, 0.1) is 6.92 Å². The highest BCUT2D eigenvalue weighted by Crippen LogP contribution is 2.21. The number of hydrogen-bond donors (Lipinski definition) is 1. The first-order valence-electron chi connectivity index (χ1n) is 6.26. The van der Waals surface area contributed by atoms with Crippen LogP contribution in [0.2, 0.25) is 0 Å². The van der Waals surface area contributed by atoms with Crippen molar-refractivity contribution in [1.82, 2.24) is 4.90 Å². The summed E-state index contributed by atoms with van der Waals surface area (Å²) in [4.78, 5) is 24.8. The second kappa shape index (κ2) is 5.74. The number of amides is 1. The molecule has 1 heterocycles. The lowest BCUT2D eigenvalue weighted by atomic mass is 10.1. The highest BCUT2D eigenvalue weighted by Gasteiger charge is 2.33. The summed E-state index contributed by atoms with van der Waals surface area (Å²) in [6.45, 7) is 2.50. The first kappa shape index (κ1) is 14.1. The topological polar surface area (TPSA) is 57.6 Å². The molecule has 1 aromatic carbocycles. The standard InChI is InChI=1S/C14H16BrNO3/c1-9-7-11(15)5-4-10(9)8-13(17)16-6-2-3-12(16)14(18)19/h4-5,7,12H,2-3,6,8H2,1H3,(H,18,19). The average Bonchev–Trinajstić information content (AvgIpc) is 2.82. The Morgan fingerprint density at radius 1 is 1.47 bits per heavy atom. The lowest BCUT2D eigenvalue weighted by Gasteiger charge is -2.21. The number of carbonyl (C=O) groups is 2. The molecule has 4 nitrogen and oxygen atoms in total. The van der Waals surface area contributed by atoms with Crippen LogP contribution in [0.4, 0.5) is 0 Å². The molecule has 1 atom stereocenters. The van der Waals surface area contributed by atoms with E-state index >= 15 is 0 Å². The van der Waals surface area contributed by atoms with Gasteiger partial charge in [-0.25, -0.2) is 4.79 Å². The maximum atomic E-state index is 12.2. The molecule has 1 N–H and O–H groups in total. The molecule has 0 aliphatic carbocycles. The molecule has 1 fully saturated rings. The van der Waals surface area contributed by atoms with E-state index in [2.05, 4.69) is 15.9 Å². The van der Waals surface area contributed by atoms with Crippen LogP contribution in [-0.2, 0) is 16.0 Å². The summed E-state index contributed by atoms with van der Waals surface area (Å²) in [6.07, 6.45) is 1.59. The van der Waals surface area contributed by atoms with Crippen molar-refractivity contribution < 1.29 is 14.7 Å². The van der Waals surface area contributed by atoms with Gasteiger partial charge < -0.3 is 10.0 Å². The van der Waals surface area contributed by atoms with Gasteiger partial charge in [-0.05, 0) is 43.0 Å². The zero-order chi connectivity index (χ0) is 14.0. The minimum Gasteiger partial charge on any atom is -0.480 e. The maximum Gasteiger partial charge on any atom is 0.326 e. The normalized spacial score (nSPS) is 18.6. The van der Waals surface area contributed by atoms with E-state index in [4.69, 9.17) is 5.11 Å². The minimum atomic E-state index is -0.904. The Morgan fingerprint density at radius 2 is 2.21 bits per heavy atom. The number of hydrogen-bond acceptors (Lipinski definition) is 2.